The Balaban J connectivity index is 1.06. The highest BCUT2D eigenvalue weighted by molar-refractivity contribution is 6.05. The van der Waals surface area contributed by atoms with E-state index in [1.807, 2.05) is 36.4 Å². The zero-order valence-corrected chi connectivity index (χ0v) is 20.7. The fourth-order valence-corrected chi connectivity index (χ4v) is 6.91. The molecule has 4 aromatic rings. The number of amides is 2. The number of nitrogens with one attached hydrogen (secondary N) is 3. The molecule has 8 heteroatoms. The smallest absolute Gasteiger partial charge is 0.256 e. The molecule has 3 N–H and O–H groups in total. The molecule has 4 bridgehead atoms. The number of H-pyrrole nitrogens is 1. The van der Waals surface area contributed by atoms with Crippen molar-refractivity contribution in [3.05, 3.63) is 72.4 Å². The van der Waals surface area contributed by atoms with Gasteiger partial charge in [0.25, 0.3) is 5.91 Å². The number of aromatic nitrogens is 3. The maximum atomic E-state index is 13.4. The summed E-state index contributed by atoms with van der Waals surface area (Å²) < 4.78 is 0. The normalized spacial score (nSPS) is 25.5. The van der Waals surface area contributed by atoms with Crippen LogP contribution in [0.15, 0.2) is 66.9 Å². The summed E-state index contributed by atoms with van der Waals surface area (Å²) in [4.78, 5) is 50.6. The van der Waals surface area contributed by atoms with Crippen molar-refractivity contribution in [3.63, 3.8) is 0 Å². The molecule has 190 valence electrons. The van der Waals surface area contributed by atoms with Gasteiger partial charge in [-0.3, -0.25) is 14.4 Å². The van der Waals surface area contributed by atoms with Crippen molar-refractivity contribution in [2.24, 2.45) is 23.2 Å². The maximum Gasteiger partial charge on any atom is 0.256 e. The molecule has 2 unspecified atom stereocenters. The topological polar surface area (TPSA) is 117 Å². The molecular weight excluding hydrogens is 478 g/mol. The highest BCUT2D eigenvalue weighted by atomic mass is 16.2. The van der Waals surface area contributed by atoms with Crippen LogP contribution in [0.2, 0.25) is 0 Å². The Hall–Kier alpha value is -4.33. The van der Waals surface area contributed by atoms with Crippen LogP contribution in [-0.2, 0) is 9.59 Å². The minimum Gasteiger partial charge on any atom is -0.338 e. The molecule has 4 fully saturated rings. The van der Waals surface area contributed by atoms with Gasteiger partial charge in [0.1, 0.15) is 17.4 Å². The Morgan fingerprint density at radius 1 is 0.921 bits per heavy atom. The zero-order valence-electron chi connectivity index (χ0n) is 20.7. The molecule has 2 amide bonds. The number of pyridine rings is 1. The third-order valence-electron chi connectivity index (χ3n) is 8.54. The van der Waals surface area contributed by atoms with E-state index < -0.39 is 5.41 Å². The molecular formula is C30H27N5O3. The van der Waals surface area contributed by atoms with Crippen molar-refractivity contribution in [1.29, 1.82) is 0 Å². The van der Waals surface area contributed by atoms with Crippen molar-refractivity contribution in [1.82, 2.24) is 15.0 Å². The third-order valence-corrected chi connectivity index (χ3v) is 8.54. The number of carbonyl (C=O) groups excluding carboxylic acids is 3. The van der Waals surface area contributed by atoms with Gasteiger partial charge >= 0.3 is 0 Å². The molecule has 2 aromatic heterocycles. The van der Waals surface area contributed by atoms with Gasteiger partial charge in [0, 0.05) is 34.8 Å². The van der Waals surface area contributed by atoms with Gasteiger partial charge in [-0.05, 0) is 92.6 Å². The predicted molar refractivity (Wildman–Crippen MR) is 143 cm³/mol. The Labute approximate surface area is 219 Å². The molecule has 2 aromatic carbocycles. The van der Waals surface area contributed by atoms with Gasteiger partial charge in [-0.15, -0.1) is 0 Å². The number of rotatable bonds is 5. The third kappa shape index (κ3) is 3.88. The molecule has 2 heterocycles. The predicted octanol–water partition coefficient (Wildman–Crippen LogP) is 5.21. The average Bonchev–Trinajstić information content (AvgIpc) is 3.36. The van der Waals surface area contributed by atoms with E-state index in [9.17, 15) is 14.4 Å². The van der Waals surface area contributed by atoms with Crippen LogP contribution in [0.3, 0.4) is 0 Å². The fourth-order valence-electron chi connectivity index (χ4n) is 6.91. The minimum absolute atomic E-state index is 0.0531. The largest absolute Gasteiger partial charge is 0.338 e. The highest BCUT2D eigenvalue weighted by Gasteiger charge is 2.58. The van der Waals surface area contributed by atoms with E-state index in [0.29, 0.717) is 41.7 Å². The van der Waals surface area contributed by atoms with Crippen molar-refractivity contribution >= 4 is 40.1 Å². The molecule has 0 spiro atoms. The van der Waals surface area contributed by atoms with Crippen LogP contribution in [0.1, 0.15) is 42.5 Å². The summed E-state index contributed by atoms with van der Waals surface area (Å²) in [6.07, 6.45) is 5.85. The van der Waals surface area contributed by atoms with E-state index in [1.165, 1.54) is 0 Å². The molecule has 4 atom stereocenters. The van der Waals surface area contributed by atoms with E-state index in [1.54, 1.807) is 30.5 Å². The lowest BCUT2D eigenvalue weighted by molar-refractivity contribution is -0.154. The number of carbonyl (C=O) groups is 3. The summed E-state index contributed by atoms with van der Waals surface area (Å²) in [6, 6.07) is 18.3. The van der Waals surface area contributed by atoms with Gasteiger partial charge in [0.05, 0.1) is 16.4 Å². The summed E-state index contributed by atoms with van der Waals surface area (Å²) in [5.41, 5.74) is 3.22. The minimum atomic E-state index is -0.400. The average molecular weight is 506 g/mol. The second-order valence-electron chi connectivity index (χ2n) is 11.0. The summed E-state index contributed by atoms with van der Waals surface area (Å²) in [5, 5.41) is 5.92. The molecule has 38 heavy (non-hydrogen) atoms. The van der Waals surface area contributed by atoms with Crippen LogP contribution < -0.4 is 10.6 Å². The number of fused-ring (bicyclic) bond motifs is 1. The lowest BCUT2D eigenvalue weighted by Gasteiger charge is -2.54. The van der Waals surface area contributed by atoms with Gasteiger partial charge in [0.15, 0.2) is 0 Å². The van der Waals surface area contributed by atoms with Gasteiger partial charge in [-0.1, -0.05) is 6.07 Å². The van der Waals surface area contributed by atoms with E-state index in [2.05, 4.69) is 25.6 Å². The Morgan fingerprint density at radius 2 is 1.71 bits per heavy atom. The van der Waals surface area contributed by atoms with Crippen LogP contribution in [0.25, 0.3) is 22.4 Å². The molecule has 4 aliphatic rings. The van der Waals surface area contributed by atoms with Crippen LogP contribution >= 0.6 is 0 Å². The van der Waals surface area contributed by atoms with Gasteiger partial charge < -0.3 is 15.6 Å². The number of hydrogen-bond acceptors (Lipinski definition) is 5. The summed E-state index contributed by atoms with van der Waals surface area (Å²) in [6.45, 7) is 0. The van der Waals surface area contributed by atoms with Crippen molar-refractivity contribution < 1.29 is 14.4 Å². The summed E-state index contributed by atoms with van der Waals surface area (Å²) in [5.74, 6) is 2.02. The molecule has 8 rings (SSSR count). The van der Waals surface area contributed by atoms with Crippen molar-refractivity contribution in [2.75, 3.05) is 10.6 Å². The Morgan fingerprint density at radius 3 is 2.45 bits per heavy atom. The zero-order chi connectivity index (χ0) is 25.9. The quantitative estimate of drug-likeness (QED) is 0.344. The fraction of sp³-hybridized carbons (Fsp3) is 0.300. The van der Waals surface area contributed by atoms with Crippen LogP contribution in [0, 0.1) is 23.2 Å². The van der Waals surface area contributed by atoms with Gasteiger partial charge in [-0.25, -0.2) is 9.97 Å². The molecule has 0 aliphatic heterocycles. The first-order valence-electron chi connectivity index (χ1n) is 13.1. The number of imidazole rings is 1. The molecule has 0 saturated heterocycles. The second kappa shape index (κ2) is 8.62. The van der Waals surface area contributed by atoms with E-state index in [-0.39, 0.29) is 23.7 Å². The first kappa shape index (κ1) is 22.8. The number of hydrogen-bond donors (Lipinski definition) is 3. The number of Topliss-reactive ketones (excluding diaryl/α,β-unsaturated/α-hetero) is 1. The highest BCUT2D eigenvalue weighted by Crippen LogP contribution is 2.58. The van der Waals surface area contributed by atoms with Gasteiger partial charge in [0.2, 0.25) is 5.91 Å². The van der Waals surface area contributed by atoms with Crippen molar-refractivity contribution in [3.8, 4) is 11.4 Å². The number of nitrogens with zero attached hydrogens (tertiary/aromatic N) is 2. The maximum absolute atomic E-state index is 13.4. The van der Waals surface area contributed by atoms with Crippen LogP contribution in [-0.4, -0.2) is 32.5 Å². The molecule has 4 saturated carbocycles. The van der Waals surface area contributed by atoms with E-state index in [4.69, 9.17) is 0 Å². The number of ketones is 1. The monoisotopic (exact) mass is 505 g/mol. The van der Waals surface area contributed by atoms with Gasteiger partial charge in [-0.2, -0.15) is 0 Å². The lowest BCUT2D eigenvalue weighted by Crippen LogP contribution is -2.55. The second-order valence-corrected chi connectivity index (χ2v) is 11.0. The molecule has 8 nitrogen and oxygen atoms in total. The lowest BCUT2D eigenvalue weighted by atomic mass is 9.49. The number of benzene rings is 2. The van der Waals surface area contributed by atoms with Crippen molar-refractivity contribution in [2.45, 2.75) is 32.1 Å². The first-order valence-corrected chi connectivity index (χ1v) is 13.1. The van der Waals surface area contributed by atoms with Crippen LogP contribution in [0.4, 0.5) is 11.5 Å². The molecule has 4 aliphatic carbocycles. The summed E-state index contributed by atoms with van der Waals surface area (Å²) in [7, 11) is 0. The summed E-state index contributed by atoms with van der Waals surface area (Å²) >= 11 is 0. The first-order chi connectivity index (χ1) is 18.5. The number of aromatic amines is 1. The van der Waals surface area contributed by atoms with E-state index in [0.717, 1.165) is 41.5 Å². The van der Waals surface area contributed by atoms with E-state index >= 15 is 0 Å². The SMILES string of the molecule is O=C(Nc1ccccn1)c1ccc2nc(-c3ccc(NC(=O)C45CC6C[C@H](C4)C(=O)[C@@H](C6)C5)cc3)[nH]c2c1. The Bertz CT molecular complexity index is 1560. The van der Waals surface area contributed by atoms with Crippen LogP contribution in [0.5, 0.6) is 0 Å². The standard InChI is InChI=1S/C30H27N5O3/c36-26-20-11-17-12-21(26)16-30(14-17,15-20)29(38)32-22-7-4-18(5-8-22)27-33-23-9-6-19(13-24(23)34-27)28(37)35-25-3-1-2-10-31-25/h1-10,13,17,20-21H,11-12,14-16H2,(H,32,38)(H,33,34)(H,31,35,37)/t17?,20-,21+,30?. The number of anilines is 2. The molecule has 0 radical (unpaired) electrons. The Kier molecular flexibility index (Phi) is 5.18.